The Labute approximate surface area is 104 Å². The molecule has 1 amide bonds. The van der Waals surface area contributed by atoms with E-state index in [9.17, 15) is 4.79 Å². The molecule has 1 N–H and O–H groups in total. The fourth-order valence-electron chi connectivity index (χ4n) is 1.37. The van der Waals surface area contributed by atoms with Crippen LogP contribution in [-0.2, 0) is 4.79 Å². The Morgan fingerprint density at radius 2 is 2.24 bits per heavy atom. The molecular weight excluding hydrogens is 232 g/mol. The molecule has 0 saturated heterocycles. The van der Waals surface area contributed by atoms with Gasteiger partial charge in [-0.25, -0.2) is 4.98 Å². The highest BCUT2D eigenvalue weighted by Gasteiger charge is 1.99. The lowest BCUT2D eigenvalue weighted by Crippen LogP contribution is -2.07. The van der Waals surface area contributed by atoms with Gasteiger partial charge in [-0.2, -0.15) is 0 Å². The molecule has 0 radical (unpaired) electrons. The Morgan fingerprint density at radius 1 is 1.41 bits per heavy atom. The van der Waals surface area contributed by atoms with Crippen LogP contribution < -0.4 is 5.32 Å². The molecule has 0 saturated carbocycles. The first-order valence-electron chi connectivity index (χ1n) is 5.20. The van der Waals surface area contributed by atoms with Gasteiger partial charge in [-0.3, -0.25) is 10.1 Å². The molecule has 0 fully saturated rings. The van der Waals surface area contributed by atoms with Crippen LogP contribution in [0.3, 0.4) is 0 Å². The Morgan fingerprint density at radius 3 is 2.94 bits per heavy atom. The van der Waals surface area contributed by atoms with E-state index < -0.39 is 0 Å². The first-order chi connectivity index (χ1) is 8.25. The summed E-state index contributed by atoms with van der Waals surface area (Å²) in [5.41, 5.74) is 2.19. The molecule has 1 aromatic heterocycles. The molecule has 1 heterocycles. The number of benzene rings is 1. The summed E-state index contributed by atoms with van der Waals surface area (Å²) in [5.74, 6) is -0.164. The van der Waals surface area contributed by atoms with Gasteiger partial charge in [0, 0.05) is 17.7 Å². The number of amides is 1. The monoisotopic (exact) mass is 244 g/mol. The van der Waals surface area contributed by atoms with Crippen LogP contribution in [0.25, 0.3) is 6.08 Å². The predicted molar refractivity (Wildman–Crippen MR) is 71.0 cm³/mol. The van der Waals surface area contributed by atoms with Gasteiger partial charge in [-0.1, -0.05) is 24.3 Å². The molecule has 0 bridgehead atoms. The molecule has 86 valence electrons. The van der Waals surface area contributed by atoms with Crippen molar-refractivity contribution in [2.24, 2.45) is 0 Å². The van der Waals surface area contributed by atoms with Gasteiger partial charge in [0.15, 0.2) is 5.13 Å². The summed E-state index contributed by atoms with van der Waals surface area (Å²) in [6, 6.07) is 7.91. The van der Waals surface area contributed by atoms with Crippen molar-refractivity contribution >= 4 is 28.5 Å². The molecule has 3 nitrogen and oxygen atoms in total. The summed E-state index contributed by atoms with van der Waals surface area (Å²) in [6.07, 6.45) is 4.98. The third-order valence-corrected chi connectivity index (χ3v) is 2.95. The molecule has 4 heteroatoms. The molecule has 0 unspecified atom stereocenters. The van der Waals surface area contributed by atoms with Crippen molar-refractivity contribution in [3.63, 3.8) is 0 Å². The van der Waals surface area contributed by atoms with Crippen LogP contribution in [0.15, 0.2) is 41.9 Å². The van der Waals surface area contributed by atoms with Gasteiger partial charge < -0.3 is 0 Å². The number of hydrogen-bond acceptors (Lipinski definition) is 3. The number of anilines is 1. The quantitative estimate of drug-likeness (QED) is 0.843. The number of carbonyl (C=O) groups is 1. The number of nitrogens with zero attached hydrogens (tertiary/aromatic N) is 1. The van der Waals surface area contributed by atoms with Crippen molar-refractivity contribution in [1.82, 2.24) is 4.98 Å². The minimum Gasteiger partial charge on any atom is -0.298 e. The lowest BCUT2D eigenvalue weighted by molar-refractivity contribution is -0.111. The molecule has 0 aliphatic carbocycles. The number of thiazole rings is 1. The molecule has 2 rings (SSSR count). The van der Waals surface area contributed by atoms with Gasteiger partial charge in [0.2, 0.25) is 5.91 Å². The van der Waals surface area contributed by atoms with Gasteiger partial charge in [0.1, 0.15) is 0 Å². The Balaban J connectivity index is 2.01. The molecule has 2 aromatic rings. The number of aromatic nitrogens is 1. The summed E-state index contributed by atoms with van der Waals surface area (Å²) >= 11 is 1.40. The average molecular weight is 244 g/mol. The van der Waals surface area contributed by atoms with Crippen molar-refractivity contribution < 1.29 is 4.79 Å². The molecule has 0 spiro atoms. The highest BCUT2D eigenvalue weighted by Crippen LogP contribution is 2.11. The van der Waals surface area contributed by atoms with Crippen LogP contribution in [-0.4, -0.2) is 10.9 Å². The van der Waals surface area contributed by atoms with Crippen LogP contribution >= 0.6 is 11.3 Å². The third kappa shape index (κ3) is 3.26. The number of aryl methyl sites for hydroxylation is 1. The standard InChI is InChI=1S/C13H12N2OS/c1-10-4-2-3-5-11(10)6-7-12(16)15-13-14-8-9-17-13/h2-9H,1H3,(H,14,15,16)/b7-6+. The maximum atomic E-state index is 11.6. The van der Waals surface area contributed by atoms with Crippen LogP contribution in [0.2, 0.25) is 0 Å². The maximum absolute atomic E-state index is 11.6. The first-order valence-corrected chi connectivity index (χ1v) is 6.08. The summed E-state index contributed by atoms with van der Waals surface area (Å²) in [5, 5.41) is 5.13. The zero-order valence-electron chi connectivity index (χ0n) is 9.38. The van der Waals surface area contributed by atoms with Crippen molar-refractivity contribution in [3.05, 3.63) is 53.0 Å². The van der Waals surface area contributed by atoms with Gasteiger partial charge in [-0.15, -0.1) is 11.3 Å². The molecule has 17 heavy (non-hydrogen) atoms. The van der Waals surface area contributed by atoms with Gasteiger partial charge in [0.05, 0.1) is 0 Å². The molecular formula is C13H12N2OS. The van der Waals surface area contributed by atoms with E-state index in [0.29, 0.717) is 5.13 Å². The highest BCUT2D eigenvalue weighted by molar-refractivity contribution is 7.13. The van der Waals surface area contributed by atoms with E-state index in [1.807, 2.05) is 36.6 Å². The first kappa shape index (κ1) is 11.5. The fraction of sp³-hybridized carbons (Fsp3) is 0.0769. The van der Waals surface area contributed by atoms with E-state index in [1.165, 1.54) is 17.4 Å². The van der Waals surface area contributed by atoms with E-state index >= 15 is 0 Å². The second kappa shape index (κ2) is 5.41. The SMILES string of the molecule is Cc1ccccc1/C=C/C(=O)Nc1nccs1. The van der Waals surface area contributed by atoms with Gasteiger partial charge >= 0.3 is 0 Å². The zero-order chi connectivity index (χ0) is 12.1. The van der Waals surface area contributed by atoms with E-state index in [2.05, 4.69) is 10.3 Å². The maximum Gasteiger partial charge on any atom is 0.250 e. The fourth-order valence-corrected chi connectivity index (χ4v) is 1.90. The van der Waals surface area contributed by atoms with Crippen molar-refractivity contribution in [2.75, 3.05) is 5.32 Å². The Bertz CT molecular complexity index is 532. The largest absolute Gasteiger partial charge is 0.298 e. The summed E-state index contributed by atoms with van der Waals surface area (Å²) in [7, 11) is 0. The lowest BCUT2D eigenvalue weighted by atomic mass is 10.1. The van der Waals surface area contributed by atoms with Crippen molar-refractivity contribution in [2.45, 2.75) is 6.92 Å². The molecule has 0 aliphatic heterocycles. The minimum atomic E-state index is -0.164. The highest BCUT2D eigenvalue weighted by atomic mass is 32.1. The van der Waals surface area contributed by atoms with E-state index in [0.717, 1.165) is 11.1 Å². The van der Waals surface area contributed by atoms with E-state index in [1.54, 1.807) is 12.3 Å². The summed E-state index contributed by atoms with van der Waals surface area (Å²) in [6.45, 7) is 2.01. The van der Waals surface area contributed by atoms with E-state index in [-0.39, 0.29) is 5.91 Å². The summed E-state index contributed by atoms with van der Waals surface area (Å²) in [4.78, 5) is 15.5. The van der Waals surface area contributed by atoms with Gasteiger partial charge in [-0.05, 0) is 24.1 Å². The lowest BCUT2D eigenvalue weighted by Gasteiger charge is -1.98. The van der Waals surface area contributed by atoms with Gasteiger partial charge in [0.25, 0.3) is 0 Å². The normalized spacial score (nSPS) is 10.6. The summed E-state index contributed by atoms with van der Waals surface area (Å²) < 4.78 is 0. The second-order valence-electron chi connectivity index (χ2n) is 3.52. The minimum absolute atomic E-state index is 0.164. The van der Waals surface area contributed by atoms with Crippen LogP contribution in [0.4, 0.5) is 5.13 Å². The second-order valence-corrected chi connectivity index (χ2v) is 4.41. The average Bonchev–Trinajstić information content (AvgIpc) is 2.81. The predicted octanol–water partition coefficient (Wildman–Crippen LogP) is 3.10. The number of carbonyl (C=O) groups excluding carboxylic acids is 1. The Hall–Kier alpha value is -1.94. The van der Waals surface area contributed by atoms with Crippen molar-refractivity contribution in [3.8, 4) is 0 Å². The molecule has 1 aromatic carbocycles. The van der Waals surface area contributed by atoms with E-state index in [4.69, 9.17) is 0 Å². The van der Waals surface area contributed by atoms with Crippen LogP contribution in [0.5, 0.6) is 0 Å². The van der Waals surface area contributed by atoms with Crippen LogP contribution in [0.1, 0.15) is 11.1 Å². The smallest absolute Gasteiger partial charge is 0.250 e. The number of nitrogens with one attached hydrogen (secondary N) is 1. The van der Waals surface area contributed by atoms with Crippen molar-refractivity contribution in [1.29, 1.82) is 0 Å². The number of hydrogen-bond donors (Lipinski definition) is 1. The topological polar surface area (TPSA) is 42.0 Å². The van der Waals surface area contributed by atoms with Crippen LogP contribution in [0, 0.1) is 6.92 Å². The molecule has 0 atom stereocenters. The Kier molecular flexibility index (Phi) is 3.67. The molecule has 0 aliphatic rings. The third-order valence-electron chi connectivity index (χ3n) is 2.27. The number of rotatable bonds is 3. The zero-order valence-corrected chi connectivity index (χ0v) is 10.2.